The van der Waals surface area contributed by atoms with E-state index >= 15 is 0 Å². The van der Waals surface area contributed by atoms with Crippen LogP contribution in [0, 0.1) is 0 Å². The fourth-order valence-corrected chi connectivity index (χ4v) is 3.65. The Kier molecular flexibility index (Phi) is 4.89. The van der Waals surface area contributed by atoms with Crippen molar-refractivity contribution in [1.29, 1.82) is 0 Å². The predicted molar refractivity (Wildman–Crippen MR) is 106 cm³/mol. The van der Waals surface area contributed by atoms with Gasteiger partial charge in [0.2, 0.25) is 0 Å². The summed E-state index contributed by atoms with van der Waals surface area (Å²) in [5.74, 6) is 1.96. The second-order valence-electron chi connectivity index (χ2n) is 7.42. The van der Waals surface area contributed by atoms with Crippen molar-refractivity contribution < 1.29 is 0 Å². The first-order valence-corrected chi connectivity index (χ1v) is 9.59. The molecule has 2 aromatic heterocycles. The third-order valence-corrected chi connectivity index (χ3v) is 5.21. The molecule has 0 amide bonds. The molecule has 2 N–H and O–H groups in total. The lowest BCUT2D eigenvalue weighted by Gasteiger charge is -2.23. The summed E-state index contributed by atoms with van der Waals surface area (Å²) in [6.45, 7) is 7.32. The highest BCUT2D eigenvalue weighted by atomic mass is 15.3. The summed E-state index contributed by atoms with van der Waals surface area (Å²) in [5, 5.41) is 11.6. The molecule has 0 unspecified atom stereocenters. The number of fused-ring (bicyclic) bond motifs is 1. The van der Waals surface area contributed by atoms with E-state index < -0.39 is 0 Å². The summed E-state index contributed by atoms with van der Waals surface area (Å²) < 4.78 is 1.96. The number of anilines is 1. The van der Waals surface area contributed by atoms with Gasteiger partial charge in [0.05, 0.1) is 6.20 Å². The van der Waals surface area contributed by atoms with Crippen LogP contribution < -0.4 is 10.6 Å². The zero-order chi connectivity index (χ0) is 17.9. The van der Waals surface area contributed by atoms with Gasteiger partial charge in [-0.1, -0.05) is 44.2 Å². The highest BCUT2D eigenvalue weighted by molar-refractivity contribution is 5.56. The first kappa shape index (κ1) is 17.0. The molecule has 1 fully saturated rings. The molecule has 26 heavy (non-hydrogen) atoms. The average Bonchev–Trinajstić information content (AvgIpc) is 3.12. The second kappa shape index (κ2) is 7.46. The summed E-state index contributed by atoms with van der Waals surface area (Å²) in [4.78, 5) is 5.03. The number of nitrogens with one attached hydrogen (secondary N) is 2. The van der Waals surface area contributed by atoms with Crippen molar-refractivity contribution in [3.63, 3.8) is 0 Å². The molecule has 0 saturated carbocycles. The van der Waals surface area contributed by atoms with E-state index in [0.29, 0.717) is 11.8 Å². The predicted octanol–water partition coefficient (Wildman–Crippen LogP) is 3.93. The van der Waals surface area contributed by atoms with E-state index in [9.17, 15) is 0 Å². The van der Waals surface area contributed by atoms with Crippen LogP contribution in [0.5, 0.6) is 0 Å². The normalized spacial score (nSPS) is 15.7. The van der Waals surface area contributed by atoms with Gasteiger partial charge in [0.25, 0.3) is 0 Å². The quantitative estimate of drug-likeness (QED) is 0.733. The van der Waals surface area contributed by atoms with E-state index in [1.54, 1.807) is 0 Å². The van der Waals surface area contributed by atoms with Crippen molar-refractivity contribution >= 4 is 11.5 Å². The van der Waals surface area contributed by atoms with Crippen molar-refractivity contribution in [1.82, 2.24) is 19.9 Å². The number of nitrogens with zero attached hydrogens (tertiary/aromatic N) is 3. The van der Waals surface area contributed by atoms with Crippen molar-refractivity contribution in [3.8, 4) is 0 Å². The van der Waals surface area contributed by atoms with Crippen LogP contribution in [-0.4, -0.2) is 27.7 Å². The third-order valence-electron chi connectivity index (χ3n) is 5.21. The maximum Gasteiger partial charge on any atom is 0.161 e. The van der Waals surface area contributed by atoms with E-state index in [1.807, 2.05) is 16.8 Å². The lowest BCUT2D eigenvalue weighted by Crippen LogP contribution is -2.27. The summed E-state index contributed by atoms with van der Waals surface area (Å²) in [7, 11) is 0. The summed E-state index contributed by atoms with van der Waals surface area (Å²) in [6, 6.07) is 12.7. The first-order valence-electron chi connectivity index (χ1n) is 9.59. The molecule has 1 saturated heterocycles. The standard InChI is InChI=1S/C21H27N5/c1-15(2)18-14-24-26-20(23-13-16-6-4-3-5-7-16)12-19(25-21(18)26)17-8-10-22-11-9-17/h3-7,12,14-15,17,22-23H,8-11,13H2,1-2H3. The van der Waals surface area contributed by atoms with Crippen LogP contribution in [-0.2, 0) is 6.54 Å². The van der Waals surface area contributed by atoms with Gasteiger partial charge in [-0.05, 0) is 37.4 Å². The molecule has 0 aliphatic carbocycles. The smallest absolute Gasteiger partial charge is 0.161 e. The molecular formula is C21H27N5. The van der Waals surface area contributed by atoms with Crippen LogP contribution >= 0.6 is 0 Å². The zero-order valence-electron chi connectivity index (χ0n) is 15.6. The van der Waals surface area contributed by atoms with Gasteiger partial charge in [0.1, 0.15) is 5.82 Å². The molecule has 0 bridgehead atoms. The molecule has 0 radical (unpaired) electrons. The molecule has 0 atom stereocenters. The van der Waals surface area contributed by atoms with Crippen LogP contribution in [0.1, 0.15) is 55.3 Å². The summed E-state index contributed by atoms with van der Waals surface area (Å²) >= 11 is 0. The van der Waals surface area contributed by atoms with E-state index in [1.165, 1.54) is 16.8 Å². The van der Waals surface area contributed by atoms with Gasteiger partial charge in [-0.25, -0.2) is 4.98 Å². The molecular weight excluding hydrogens is 322 g/mol. The van der Waals surface area contributed by atoms with E-state index in [-0.39, 0.29) is 0 Å². The second-order valence-corrected chi connectivity index (χ2v) is 7.42. The molecule has 1 aliphatic heterocycles. The minimum atomic E-state index is 0.408. The van der Waals surface area contributed by atoms with Crippen molar-refractivity contribution in [2.75, 3.05) is 18.4 Å². The van der Waals surface area contributed by atoms with Gasteiger partial charge in [-0.3, -0.25) is 0 Å². The SMILES string of the molecule is CC(C)c1cnn2c(NCc3ccccc3)cc(C3CCNCC3)nc12. The molecule has 1 aliphatic rings. The number of aromatic nitrogens is 3. The molecule has 0 spiro atoms. The Balaban J connectivity index is 1.71. The zero-order valence-corrected chi connectivity index (χ0v) is 15.6. The van der Waals surface area contributed by atoms with Crippen molar-refractivity contribution in [3.05, 3.63) is 59.4 Å². The fraction of sp³-hybridized carbons (Fsp3) is 0.429. The molecule has 5 nitrogen and oxygen atoms in total. The Morgan fingerprint density at radius 1 is 1.19 bits per heavy atom. The van der Waals surface area contributed by atoms with Gasteiger partial charge < -0.3 is 10.6 Å². The Hall–Kier alpha value is -2.40. The average molecular weight is 349 g/mol. The number of hydrogen-bond acceptors (Lipinski definition) is 4. The lowest BCUT2D eigenvalue weighted by molar-refractivity contribution is 0.453. The topological polar surface area (TPSA) is 54.2 Å². The monoisotopic (exact) mass is 349 g/mol. The van der Waals surface area contributed by atoms with Gasteiger partial charge in [0, 0.05) is 29.8 Å². The Morgan fingerprint density at radius 3 is 2.69 bits per heavy atom. The summed E-state index contributed by atoms with van der Waals surface area (Å²) in [5.41, 5.74) is 4.66. The van der Waals surface area contributed by atoms with Gasteiger partial charge in [-0.15, -0.1) is 0 Å². The maximum absolute atomic E-state index is 5.03. The molecule has 136 valence electrons. The molecule has 3 heterocycles. The van der Waals surface area contributed by atoms with E-state index in [0.717, 1.165) is 43.9 Å². The van der Waals surface area contributed by atoms with Crippen LogP contribution in [0.25, 0.3) is 5.65 Å². The van der Waals surface area contributed by atoms with Crippen LogP contribution in [0.15, 0.2) is 42.6 Å². The van der Waals surface area contributed by atoms with Gasteiger partial charge in [-0.2, -0.15) is 9.61 Å². The number of piperidine rings is 1. The third kappa shape index (κ3) is 3.44. The Morgan fingerprint density at radius 2 is 1.96 bits per heavy atom. The molecule has 5 heteroatoms. The molecule has 1 aromatic carbocycles. The van der Waals surface area contributed by atoms with Crippen molar-refractivity contribution in [2.45, 2.75) is 45.1 Å². The van der Waals surface area contributed by atoms with Crippen LogP contribution in [0.3, 0.4) is 0 Å². The number of rotatable bonds is 5. The van der Waals surface area contributed by atoms with E-state index in [4.69, 9.17) is 4.98 Å². The highest BCUT2D eigenvalue weighted by Crippen LogP contribution is 2.29. The molecule has 4 rings (SSSR count). The van der Waals surface area contributed by atoms with Crippen molar-refractivity contribution in [2.24, 2.45) is 0 Å². The minimum absolute atomic E-state index is 0.408. The summed E-state index contributed by atoms with van der Waals surface area (Å²) in [6.07, 6.45) is 4.26. The first-order chi connectivity index (χ1) is 12.7. The largest absolute Gasteiger partial charge is 0.366 e. The van der Waals surface area contributed by atoms with Gasteiger partial charge in [0.15, 0.2) is 5.65 Å². The van der Waals surface area contributed by atoms with Gasteiger partial charge >= 0.3 is 0 Å². The Bertz CT molecular complexity index is 863. The Labute approximate surface area is 154 Å². The minimum Gasteiger partial charge on any atom is -0.366 e. The highest BCUT2D eigenvalue weighted by Gasteiger charge is 2.20. The maximum atomic E-state index is 5.03. The fourth-order valence-electron chi connectivity index (χ4n) is 3.65. The van der Waals surface area contributed by atoms with E-state index in [2.05, 4.69) is 59.9 Å². The van der Waals surface area contributed by atoms with Crippen LogP contribution in [0.4, 0.5) is 5.82 Å². The lowest BCUT2D eigenvalue weighted by atomic mass is 9.94. The number of hydrogen-bond donors (Lipinski definition) is 2. The molecule has 3 aromatic rings. The van der Waals surface area contributed by atoms with Crippen LogP contribution in [0.2, 0.25) is 0 Å². The number of benzene rings is 1.